The van der Waals surface area contributed by atoms with Crippen LogP contribution in [0.2, 0.25) is 10.0 Å². The molecule has 156 valence electrons. The number of para-hydroxylation sites is 1. The highest BCUT2D eigenvalue weighted by Gasteiger charge is 2.18. The van der Waals surface area contributed by atoms with E-state index in [0.29, 0.717) is 45.0 Å². The number of ether oxygens (including phenoxy) is 2. The maximum atomic E-state index is 11.7. The molecule has 0 aliphatic rings. The number of nitrogens with zero attached hydrogens (tertiary/aromatic N) is 1. The molecule has 6 nitrogen and oxygen atoms in total. The molecule has 2 N–H and O–H groups in total. The fourth-order valence-corrected chi connectivity index (χ4v) is 3.56. The average molecular weight is 446 g/mol. The summed E-state index contributed by atoms with van der Waals surface area (Å²) in [5.74, 6) is 0.574. The Bertz CT molecular complexity index is 1050. The molecule has 0 saturated heterocycles. The number of methoxy groups -OCH3 is 1. The van der Waals surface area contributed by atoms with Crippen LogP contribution >= 0.6 is 23.2 Å². The van der Waals surface area contributed by atoms with Crippen LogP contribution in [0.4, 0.5) is 5.69 Å². The average Bonchev–Trinajstić information content (AvgIpc) is 3.23. The minimum Gasteiger partial charge on any atom is -0.495 e. The van der Waals surface area contributed by atoms with E-state index >= 15 is 0 Å². The molecule has 0 spiro atoms. The SMILES string of the molecule is C=CC(=O)Nc1ccccc1-c1cc(COc2c(Cl)c(CC)cc(OC)c2Cl)[nH]n1. The molecule has 0 fully saturated rings. The Morgan fingerprint density at radius 1 is 1.27 bits per heavy atom. The van der Waals surface area contributed by atoms with Crippen molar-refractivity contribution < 1.29 is 14.3 Å². The highest BCUT2D eigenvalue weighted by molar-refractivity contribution is 6.38. The molecule has 3 aromatic rings. The van der Waals surface area contributed by atoms with Crippen molar-refractivity contribution in [2.45, 2.75) is 20.0 Å². The van der Waals surface area contributed by atoms with Gasteiger partial charge in [-0.3, -0.25) is 9.89 Å². The predicted octanol–water partition coefficient (Wildman–Crippen LogP) is 5.66. The molecule has 2 aromatic carbocycles. The number of carbonyl (C=O) groups excluding carboxylic acids is 1. The van der Waals surface area contributed by atoms with Gasteiger partial charge in [0.05, 0.1) is 29.2 Å². The normalized spacial score (nSPS) is 10.5. The molecule has 0 bridgehead atoms. The number of halogens is 2. The molecule has 1 amide bonds. The van der Waals surface area contributed by atoms with Gasteiger partial charge in [-0.1, -0.05) is 54.9 Å². The van der Waals surface area contributed by atoms with Crippen LogP contribution in [-0.4, -0.2) is 23.2 Å². The van der Waals surface area contributed by atoms with Gasteiger partial charge in [-0.2, -0.15) is 5.10 Å². The minimum absolute atomic E-state index is 0.171. The number of nitrogens with one attached hydrogen (secondary N) is 2. The number of aromatic amines is 1. The minimum atomic E-state index is -0.296. The zero-order valence-electron chi connectivity index (χ0n) is 16.6. The van der Waals surface area contributed by atoms with Crippen LogP contribution in [0, 0.1) is 0 Å². The monoisotopic (exact) mass is 445 g/mol. The first-order chi connectivity index (χ1) is 14.5. The third kappa shape index (κ3) is 4.61. The van der Waals surface area contributed by atoms with Gasteiger partial charge in [0, 0.05) is 5.56 Å². The third-order valence-electron chi connectivity index (χ3n) is 4.45. The predicted molar refractivity (Wildman–Crippen MR) is 120 cm³/mol. The molecular weight excluding hydrogens is 425 g/mol. The molecule has 8 heteroatoms. The second-order valence-corrected chi connectivity index (χ2v) is 7.11. The first kappa shape index (κ1) is 21.7. The Morgan fingerprint density at radius 2 is 2.03 bits per heavy atom. The van der Waals surface area contributed by atoms with Gasteiger partial charge in [-0.15, -0.1) is 0 Å². The number of H-pyrrole nitrogens is 1. The Morgan fingerprint density at radius 3 is 2.73 bits per heavy atom. The van der Waals surface area contributed by atoms with E-state index in [1.54, 1.807) is 19.2 Å². The molecule has 3 rings (SSSR count). The number of aryl methyl sites for hydroxylation is 1. The van der Waals surface area contributed by atoms with E-state index in [9.17, 15) is 4.79 Å². The summed E-state index contributed by atoms with van der Waals surface area (Å²) in [6.07, 6.45) is 1.93. The van der Waals surface area contributed by atoms with E-state index in [2.05, 4.69) is 22.1 Å². The van der Waals surface area contributed by atoms with Gasteiger partial charge < -0.3 is 14.8 Å². The van der Waals surface area contributed by atoms with E-state index in [1.807, 2.05) is 31.2 Å². The fraction of sp³-hybridized carbons (Fsp3) is 0.182. The van der Waals surface area contributed by atoms with Crippen molar-refractivity contribution in [1.82, 2.24) is 10.2 Å². The summed E-state index contributed by atoms with van der Waals surface area (Å²) in [6, 6.07) is 11.0. The zero-order valence-corrected chi connectivity index (χ0v) is 18.1. The van der Waals surface area contributed by atoms with Crippen LogP contribution < -0.4 is 14.8 Å². The first-order valence-electron chi connectivity index (χ1n) is 9.23. The Labute approximate surface area is 184 Å². The highest BCUT2D eigenvalue weighted by Crippen LogP contribution is 2.42. The molecule has 0 saturated carbocycles. The molecule has 0 atom stereocenters. The molecule has 30 heavy (non-hydrogen) atoms. The van der Waals surface area contributed by atoms with Crippen molar-refractivity contribution in [1.29, 1.82) is 0 Å². The molecule has 0 radical (unpaired) electrons. The topological polar surface area (TPSA) is 76.2 Å². The number of hydrogen-bond donors (Lipinski definition) is 2. The van der Waals surface area contributed by atoms with Crippen molar-refractivity contribution in [3.05, 3.63) is 70.4 Å². The first-order valence-corrected chi connectivity index (χ1v) is 9.98. The van der Waals surface area contributed by atoms with E-state index < -0.39 is 0 Å². The van der Waals surface area contributed by atoms with Gasteiger partial charge >= 0.3 is 0 Å². The standard InChI is InChI=1S/C22H21Cl2N3O3/c1-4-13-10-18(29-3)21(24)22(20(13)23)30-12-14-11-17(27-26-14)15-8-6-7-9-16(15)25-19(28)5-2/h5-11H,2,4,12H2,1,3H3,(H,25,28)(H,26,27). The molecule has 1 aromatic heterocycles. The summed E-state index contributed by atoms with van der Waals surface area (Å²) in [5, 5.41) is 10.8. The fourth-order valence-electron chi connectivity index (χ4n) is 2.89. The number of aromatic nitrogens is 2. The molecule has 0 aliphatic carbocycles. The zero-order chi connectivity index (χ0) is 21.7. The van der Waals surface area contributed by atoms with Crippen LogP contribution in [0.15, 0.2) is 49.1 Å². The Hall–Kier alpha value is -2.96. The molecular formula is C22H21Cl2N3O3. The third-order valence-corrected chi connectivity index (χ3v) is 5.22. The number of amides is 1. The van der Waals surface area contributed by atoms with Crippen LogP contribution in [0.1, 0.15) is 18.2 Å². The Balaban J connectivity index is 1.83. The largest absolute Gasteiger partial charge is 0.495 e. The van der Waals surface area contributed by atoms with E-state index in [4.69, 9.17) is 32.7 Å². The summed E-state index contributed by atoms with van der Waals surface area (Å²) in [6.45, 7) is 5.63. The van der Waals surface area contributed by atoms with Gasteiger partial charge in [0.25, 0.3) is 0 Å². The molecule has 1 heterocycles. The number of carbonyl (C=O) groups is 1. The molecule has 0 aliphatic heterocycles. The van der Waals surface area contributed by atoms with Crippen molar-refractivity contribution in [2.75, 3.05) is 12.4 Å². The number of hydrogen-bond acceptors (Lipinski definition) is 4. The summed E-state index contributed by atoms with van der Waals surface area (Å²) in [4.78, 5) is 11.7. The van der Waals surface area contributed by atoms with Crippen LogP contribution in [0.25, 0.3) is 11.3 Å². The lowest BCUT2D eigenvalue weighted by atomic mass is 10.1. The number of anilines is 1. The van der Waals surface area contributed by atoms with Crippen molar-refractivity contribution in [2.24, 2.45) is 0 Å². The van der Waals surface area contributed by atoms with E-state index in [0.717, 1.165) is 11.1 Å². The maximum Gasteiger partial charge on any atom is 0.247 e. The summed E-state index contributed by atoms with van der Waals surface area (Å²) >= 11 is 12.8. The number of benzene rings is 2. The van der Waals surface area contributed by atoms with E-state index in [1.165, 1.54) is 6.08 Å². The van der Waals surface area contributed by atoms with Crippen molar-refractivity contribution >= 4 is 34.8 Å². The lowest BCUT2D eigenvalue weighted by Gasteiger charge is -2.15. The highest BCUT2D eigenvalue weighted by atomic mass is 35.5. The van der Waals surface area contributed by atoms with Gasteiger partial charge in [-0.05, 0) is 36.3 Å². The summed E-state index contributed by atoms with van der Waals surface area (Å²) in [7, 11) is 1.54. The Kier molecular flexibility index (Phi) is 7.03. The summed E-state index contributed by atoms with van der Waals surface area (Å²) in [5.41, 5.74) is 3.65. The van der Waals surface area contributed by atoms with Crippen LogP contribution in [0.3, 0.4) is 0 Å². The van der Waals surface area contributed by atoms with Crippen LogP contribution in [-0.2, 0) is 17.8 Å². The maximum absolute atomic E-state index is 11.7. The second-order valence-electron chi connectivity index (χ2n) is 6.35. The number of rotatable bonds is 8. The van der Waals surface area contributed by atoms with Gasteiger partial charge in [-0.25, -0.2) is 0 Å². The van der Waals surface area contributed by atoms with Gasteiger partial charge in [0.1, 0.15) is 17.4 Å². The lowest BCUT2D eigenvalue weighted by Crippen LogP contribution is -2.08. The van der Waals surface area contributed by atoms with Crippen molar-refractivity contribution in [3.8, 4) is 22.8 Å². The summed E-state index contributed by atoms with van der Waals surface area (Å²) < 4.78 is 11.2. The smallest absolute Gasteiger partial charge is 0.247 e. The van der Waals surface area contributed by atoms with Gasteiger partial charge in [0.15, 0.2) is 5.75 Å². The quantitative estimate of drug-likeness (QED) is 0.438. The van der Waals surface area contributed by atoms with Crippen LogP contribution in [0.5, 0.6) is 11.5 Å². The molecule has 0 unspecified atom stereocenters. The van der Waals surface area contributed by atoms with Crippen molar-refractivity contribution in [3.63, 3.8) is 0 Å². The van der Waals surface area contributed by atoms with E-state index in [-0.39, 0.29) is 12.5 Å². The lowest BCUT2D eigenvalue weighted by molar-refractivity contribution is -0.111. The van der Waals surface area contributed by atoms with Gasteiger partial charge in [0.2, 0.25) is 5.91 Å². The second kappa shape index (κ2) is 9.69.